The first-order valence-corrected chi connectivity index (χ1v) is 7.89. The number of carbonyl (C=O) groups is 2. The van der Waals surface area contributed by atoms with Gasteiger partial charge in [-0.2, -0.15) is 0 Å². The van der Waals surface area contributed by atoms with Gasteiger partial charge in [-0.1, -0.05) is 0 Å². The van der Waals surface area contributed by atoms with Crippen LogP contribution in [0.25, 0.3) is 0 Å². The molecule has 3 aromatic rings. The predicted octanol–water partition coefficient (Wildman–Crippen LogP) is 4.18. The average molecular weight is 368 g/mol. The van der Waals surface area contributed by atoms with Crippen LogP contribution in [0.2, 0.25) is 0 Å². The molecular formula is C20H14F2N2O3. The summed E-state index contributed by atoms with van der Waals surface area (Å²) in [6, 6.07) is 15.0. The normalized spacial score (nSPS) is 10.3. The fourth-order valence-electron chi connectivity index (χ4n) is 2.29. The highest BCUT2D eigenvalue weighted by atomic mass is 19.2. The molecule has 0 aromatic heterocycles. The summed E-state index contributed by atoms with van der Waals surface area (Å²) in [5.41, 5.74) is 1.29. The highest BCUT2D eigenvalue weighted by Crippen LogP contribution is 2.17. The third kappa shape index (κ3) is 4.46. The number of hydrogen-bond acceptors (Lipinski definition) is 3. The van der Waals surface area contributed by atoms with E-state index in [2.05, 4.69) is 10.6 Å². The zero-order chi connectivity index (χ0) is 19.4. The van der Waals surface area contributed by atoms with Gasteiger partial charge in [0.2, 0.25) is 0 Å². The van der Waals surface area contributed by atoms with Gasteiger partial charge in [0.15, 0.2) is 11.6 Å². The van der Waals surface area contributed by atoms with E-state index in [0.29, 0.717) is 16.9 Å². The average Bonchev–Trinajstić information content (AvgIpc) is 2.66. The summed E-state index contributed by atoms with van der Waals surface area (Å²) >= 11 is 0. The molecule has 0 saturated carbocycles. The molecule has 0 bridgehead atoms. The molecule has 0 aliphatic carbocycles. The minimum atomic E-state index is -1.10. The maximum Gasteiger partial charge on any atom is 0.255 e. The first kappa shape index (κ1) is 18.1. The molecule has 3 N–H and O–H groups in total. The van der Waals surface area contributed by atoms with Crippen molar-refractivity contribution >= 4 is 23.2 Å². The van der Waals surface area contributed by atoms with Gasteiger partial charge in [0, 0.05) is 22.5 Å². The Morgan fingerprint density at radius 3 is 1.67 bits per heavy atom. The molecule has 0 saturated heterocycles. The van der Waals surface area contributed by atoms with Crippen molar-refractivity contribution in [2.75, 3.05) is 10.6 Å². The van der Waals surface area contributed by atoms with E-state index < -0.39 is 17.5 Å². The largest absolute Gasteiger partial charge is 0.508 e. The Morgan fingerprint density at radius 1 is 0.667 bits per heavy atom. The number of nitrogens with one attached hydrogen (secondary N) is 2. The van der Waals surface area contributed by atoms with Crippen molar-refractivity contribution in [2.45, 2.75) is 0 Å². The van der Waals surface area contributed by atoms with Crippen LogP contribution >= 0.6 is 0 Å². The van der Waals surface area contributed by atoms with E-state index in [0.717, 1.165) is 12.1 Å². The third-order valence-corrected chi connectivity index (χ3v) is 3.71. The lowest BCUT2D eigenvalue weighted by atomic mass is 10.2. The van der Waals surface area contributed by atoms with Crippen molar-refractivity contribution in [1.29, 1.82) is 0 Å². The maximum absolute atomic E-state index is 13.2. The van der Waals surface area contributed by atoms with Crippen LogP contribution in [0.3, 0.4) is 0 Å². The number of hydrogen-bond donors (Lipinski definition) is 3. The molecule has 5 nitrogen and oxygen atoms in total. The second kappa shape index (κ2) is 7.65. The third-order valence-electron chi connectivity index (χ3n) is 3.71. The van der Waals surface area contributed by atoms with Crippen LogP contribution in [0, 0.1) is 11.6 Å². The fraction of sp³-hybridized carbons (Fsp3) is 0. The molecular weight excluding hydrogens is 354 g/mol. The van der Waals surface area contributed by atoms with Crippen LogP contribution in [0.1, 0.15) is 20.7 Å². The van der Waals surface area contributed by atoms with E-state index in [1.807, 2.05) is 0 Å². The van der Waals surface area contributed by atoms with E-state index >= 15 is 0 Å². The summed E-state index contributed by atoms with van der Waals surface area (Å²) in [6.07, 6.45) is 0. The summed E-state index contributed by atoms with van der Waals surface area (Å²) < 4.78 is 26.1. The zero-order valence-electron chi connectivity index (χ0n) is 13.9. The van der Waals surface area contributed by atoms with Gasteiger partial charge in [-0.25, -0.2) is 8.78 Å². The number of rotatable bonds is 4. The number of amides is 2. The first-order valence-electron chi connectivity index (χ1n) is 7.89. The van der Waals surface area contributed by atoms with Crippen molar-refractivity contribution in [3.05, 3.63) is 89.5 Å². The van der Waals surface area contributed by atoms with Crippen molar-refractivity contribution < 1.29 is 23.5 Å². The molecule has 2 amide bonds. The van der Waals surface area contributed by atoms with Gasteiger partial charge < -0.3 is 15.7 Å². The lowest BCUT2D eigenvalue weighted by molar-refractivity contribution is 0.101. The summed E-state index contributed by atoms with van der Waals surface area (Å²) in [5.74, 6) is -3.01. The summed E-state index contributed by atoms with van der Waals surface area (Å²) in [6.45, 7) is 0. The summed E-state index contributed by atoms with van der Waals surface area (Å²) in [4.78, 5) is 24.2. The number of anilines is 2. The second-order valence-electron chi connectivity index (χ2n) is 5.66. The SMILES string of the molecule is O=C(Nc1ccc(NC(=O)c2ccc(F)c(F)c2)cc1)c1ccc(O)cc1. The number of aromatic hydroxyl groups is 1. The number of halogens is 2. The standard InChI is InChI=1S/C20H14F2N2O3/c21-17-10-3-13(11-18(17)22)20(27)24-15-6-4-14(5-7-15)23-19(26)12-1-8-16(25)9-2-12/h1-11,25H,(H,23,26)(H,24,27). The molecule has 0 aliphatic heterocycles. The summed E-state index contributed by atoms with van der Waals surface area (Å²) in [5, 5.41) is 14.5. The van der Waals surface area contributed by atoms with Crippen molar-refractivity contribution in [3.8, 4) is 5.75 Å². The van der Waals surface area contributed by atoms with E-state index in [9.17, 15) is 23.5 Å². The number of phenols is 1. The monoisotopic (exact) mass is 368 g/mol. The Balaban J connectivity index is 1.64. The molecule has 0 atom stereocenters. The second-order valence-corrected chi connectivity index (χ2v) is 5.66. The molecule has 0 radical (unpaired) electrons. The van der Waals surface area contributed by atoms with Crippen LogP contribution in [-0.2, 0) is 0 Å². The Bertz CT molecular complexity index is 987. The van der Waals surface area contributed by atoms with Crippen molar-refractivity contribution in [2.24, 2.45) is 0 Å². The molecule has 7 heteroatoms. The molecule has 27 heavy (non-hydrogen) atoms. The lowest BCUT2D eigenvalue weighted by Gasteiger charge is -2.08. The van der Waals surface area contributed by atoms with Crippen molar-refractivity contribution in [3.63, 3.8) is 0 Å². The van der Waals surface area contributed by atoms with Gasteiger partial charge in [-0.05, 0) is 66.7 Å². The highest BCUT2D eigenvalue weighted by Gasteiger charge is 2.10. The highest BCUT2D eigenvalue weighted by molar-refractivity contribution is 6.05. The smallest absolute Gasteiger partial charge is 0.255 e. The molecule has 136 valence electrons. The Labute approximate surface area is 153 Å². The number of benzene rings is 3. The Kier molecular flexibility index (Phi) is 5.12. The molecule has 3 aromatic carbocycles. The van der Waals surface area contributed by atoms with Crippen LogP contribution < -0.4 is 10.6 Å². The van der Waals surface area contributed by atoms with Crippen LogP contribution in [0.5, 0.6) is 5.75 Å². The minimum Gasteiger partial charge on any atom is -0.508 e. The molecule has 0 spiro atoms. The molecule has 0 fully saturated rings. The van der Waals surface area contributed by atoms with E-state index in [1.165, 1.54) is 30.3 Å². The maximum atomic E-state index is 13.2. The number of phenolic OH excluding ortho intramolecular Hbond substituents is 1. The molecule has 3 rings (SSSR count). The van der Waals surface area contributed by atoms with Crippen LogP contribution in [0.15, 0.2) is 66.7 Å². The van der Waals surface area contributed by atoms with E-state index in [-0.39, 0.29) is 17.2 Å². The molecule has 0 unspecified atom stereocenters. The van der Waals surface area contributed by atoms with Crippen molar-refractivity contribution in [1.82, 2.24) is 0 Å². The first-order chi connectivity index (χ1) is 12.9. The van der Waals surface area contributed by atoms with Gasteiger partial charge in [0.05, 0.1) is 0 Å². The Morgan fingerprint density at radius 2 is 1.15 bits per heavy atom. The van der Waals surface area contributed by atoms with Gasteiger partial charge in [-0.3, -0.25) is 9.59 Å². The molecule has 0 aliphatic rings. The lowest BCUT2D eigenvalue weighted by Crippen LogP contribution is -2.13. The van der Waals surface area contributed by atoms with Gasteiger partial charge in [-0.15, -0.1) is 0 Å². The van der Waals surface area contributed by atoms with E-state index in [1.54, 1.807) is 24.3 Å². The van der Waals surface area contributed by atoms with Crippen LogP contribution in [0.4, 0.5) is 20.2 Å². The molecule has 0 heterocycles. The Hall–Kier alpha value is -3.74. The minimum absolute atomic E-state index is 0.0152. The number of carbonyl (C=O) groups excluding carboxylic acids is 2. The van der Waals surface area contributed by atoms with E-state index in [4.69, 9.17) is 0 Å². The van der Waals surface area contributed by atoms with Crippen LogP contribution in [-0.4, -0.2) is 16.9 Å². The quantitative estimate of drug-likeness (QED) is 0.647. The predicted molar refractivity (Wildman–Crippen MR) is 96.8 cm³/mol. The zero-order valence-corrected chi connectivity index (χ0v) is 13.9. The fourth-order valence-corrected chi connectivity index (χ4v) is 2.29. The van der Waals surface area contributed by atoms with Gasteiger partial charge in [0.1, 0.15) is 5.75 Å². The topological polar surface area (TPSA) is 78.4 Å². The van der Waals surface area contributed by atoms with Gasteiger partial charge >= 0.3 is 0 Å². The summed E-state index contributed by atoms with van der Waals surface area (Å²) in [7, 11) is 0. The van der Waals surface area contributed by atoms with Gasteiger partial charge in [0.25, 0.3) is 11.8 Å².